The van der Waals surface area contributed by atoms with Crippen LogP contribution in [0.2, 0.25) is 0 Å². The van der Waals surface area contributed by atoms with Gasteiger partial charge < -0.3 is 33.8 Å². The molecule has 0 heterocycles. The monoisotopic (exact) mass is 1450 g/mol. The molecule has 3 unspecified atom stereocenters. The molecule has 0 aliphatic rings. The second-order valence-electron chi connectivity index (χ2n) is 30.0. The zero-order chi connectivity index (χ0) is 73.0. The van der Waals surface area contributed by atoms with E-state index in [9.17, 15) is 43.2 Å². The molecule has 588 valence electrons. The number of rotatable bonds is 78. The Bertz CT molecular complexity index is 1920. The van der Waals surface area contributed by atoms with Gasteiger partial charge in [0.2, 0.25) is 0 Å². The summed E-state index contributed by atoms with van der Waals surface area (Å²) in [5, 5.41) is 10.6. The van der Waals surface area contributed by atoms with Crippen molar-refractivity contribution >= 4 is 39.5 Å². The minimum Gasteiger partial charge on any atom is -0.462 e. The maximum absolute atomic E-state index is 13.1. The van der Waals surface area contributed by atoms with Crippen LogP contribution in [0.25, 0.3) is 0 Å². The Morgan fingerprint density at radius 1 is 0.293 bits per heavy atom. The fourth-order valence-corrected chi connectivity index (χ4v) is 13.9. The quantitative estimate of drug-likeness (QED) is 0.0222. The molecule has 0 saturated carbocycles. The fourth-order valence-electron chi connectivity index (χ4n) is 12.3. The van der Waals surface area contributed by atoms with Crippen molar-refractivity contribution in [1.82, 2.24) is 0 Å². The Kier molecular flexibility index (Phi) is 69.0. The Hall–Kier alpha value is -1.94. The third kappa shape index (κ3) is 72.8. The first-order valence-corrected chi connectivity index (χ1v) is 44.4. The van der Waals surface area contributed by atoms with E-state index in [4.69, 9.17) is 37.0 Å². The first-order valence-electron chi connectivity index (χ1n) is 41.4. The minimum absolute atomic E-state index is 0.105. The van der Waals surface area contributed by atoms with Gasteiger partial charge in [-0.2, -0.15) is 0 Å². The highest BCUT2D eigenvalue weighted by Gasteiger charge is 2.30. The average molecular weight is 1450 g/mol. The van der Waals surface area contributed by atoms with Crippen molar-refractivity contribution in [2.24, 2.45) is 17.8 Å². The molecule has 0 aromatic heterocycles. The van der Waals surface area contributed by atoms with Gasteiger partial charge in [-0.3, -0.25) is 37.3 Å². The number of hydrogen-bond donors (Lipinski definition) is 3. The molecule has 6 atom stereocenters. The number of aliphatic hydroxyl groups excluding tert-OH is 1. The summed E-state index contributed by atoms with van der Waals surface area (Å²) < 4.78 is 68.7. The van der Waals surface area contributed by atoms with Crippen LogP contribution in [0.15, 0.2) is 0 Å². The number of esters is 4. The molecule has 0 radical (unpaired) electrons. The first-order chi connectivity index (χ1) is 47.8. The van der Waals surface area contributed by atoms with E-state index in [0.717, 1.165) is 108 Å². The SMILES string of the molecule is CCCCCCCCCCCCCCCC(=O)OC[C@H](COP(=O)(O)OC[C@@H](O)COP(=O)(O)OC[C@@H](COC(=O)CCCCCCCCCCCC(C)C)OC(=O)CCCCCCCCCCCC(C)C)OC(=O)CCCCCCCCCCCCCCCCCCCCC(C)CC. The van der Waals surface area contributed by atoms with E-state index >= 15 is 0 Å². The molecule has 0 aliphatic heterocycles. The largest absolute Gasteiger partial charge is 0.472 e. The standard InChI is InChI=1S/C80H156O17P2/c1-8-10-11-12-13-14-15-22-26-33-40-47-54-61-77(82)90-67-75(96-79(84)63-56-49-42-34-27-24-21-19-17-16-18-20-23-25-32-39-46-53-60-73(7)9-2)69-94-98(86,87)92-65-74(81)66-93-99(88,89)95-70-76(97-80(85)64-57-50-43-36-29-31-38-45-52-59-72(5)6)68-91-78(83)62-55-48-41-35-28-30-37-44-51-58-71(3)4/h71-76,81H,8-70H2,1-7H3,(H,86,87)(H,88,89)/t73?,74-,75-,76-/m1/s1. The van der Waals surface area contributed by atoms with E-state index in [1.807, 2.05) is 0 Å². The number of unbranched alkanes of at least 4 members (excludes halogenated alkanes) is 45. The minimum atomic E-state index is -4.96. The molecule has 0 bridgehead atoms. The number of carbonyl (C=O) groups excluding carboxylic acids is 4. The highest BCUT2D eigenvalue weighted by atomic mass is 31.2. The van der Waals surface area contributed by atoms with Crippen LogP contribution in [-0.4, -0.2) is 96.7 Å². The number of hydrogen-bond acceptors (Lipinski definition) is 15. The van der Waals surface area contributed by atoms with Crippen molar-refractivity contribution in [2.45, 2.75) is 433 Å². The lowest BCUT2D eigenvalue weighted by molar-refractivity contribution is -0.161. The van der Waals surface area contributed by atoms with Crippen molar-refractivity contribution < 1.29 is 80.2 Å². The molecule has 19 heteroatoms. The summed E-state index contributed by atoms with van der Waals surface area (Å²) in [7, 11) is -9.92. The molecular weight excluding hydrogens is 1290 g/mol. The number of aliphatic hydroxyl groups is 1. The van der Waals surface area contributed by atoms with Gasteiger partial charge in [-0.15, -0.1) is 0 Å². The van der Waals surface area contributed by atoms with Crippen LogP contribution in [0.1, 0.15) is 414 Å². The lowest BCUT2D eigenvalue weighted by atomic mass is 9.99. The number of phosphoric ester groups is 2. The third-order valence-corrected chi connectivity index (χ3v) is 20.9. The van der Waals surface area contributed by atoms with Crippen molar-refractivity contribution in [1.29, 1.82) is 0 Å². The highest BCUT2D eigenvalue weighted by molar-refractivity contribution is 7.47. The summed E-state index contributed by atoms with van der Waals surface area (Å²) in [4.78, 5) is 72.9. The smallest absolute Gasteiger partial charge is 0.462 e. The molecule has 0 spiro atoms. The van der Waals surface area contributed by atoms with E-state index in [0.29, 0.717) is 25.7 Å². The number of phosphoric acid groups is 2. The van der Waals surface area contributed by atoms with Crippen molar-refractivity contribution in [3.63, 3.8) is 0 Å². The van der Waals surface area contributed by atoms with Crippen LogP contribution in [0.4, 0.5) is 0 Å². The van der Waals surface area contributed by atoms with E-state index < -0.39 is 97.5 Å². The predicted molar refractivity (Wildman–Crippen MR) is 405 cm³/mol. The molecule has 0 aromatic rings. The fraction of sp³-hybridized carbons (Fsp3) is 0.950. The van der Waals surface area contributed by atoms with Crippen LogP contribution in [0.5, 0.6) is 0 Å². The lowest BCUT2D eigenvalue weighted by Gasteiger charge is -2.21. The molecule has 99 heavy (non-hydrogen) atoms. The highest BCUT2D eigenvalue weighted by Crippen LogP contribution is 2.45. The molecule has 0 rings (SSSR count). The van der Waals surface area contributed by atoms with Crippen molar-refractivity contribution in [2.75, 3.05) is 39.6 Å². The summed E-state index contributed by atoms with van der Waals surface area (Å²) in [6.45, 7) is 12.0. The van der Waals surface area contributed by atoms with Gasteiger partial charge in [0.05, 0.1) is 26.4 Å². The van der Waals surface area contributed by atoms with Gasteiger partial charge in [0.15, 0.2) is 12.2 Å². The molecule has 0 aliphatic carbocycles. The van der Waals surface area contributed by atoms with Gasteiger partial charge in [-0.25, -0.2) is 9.13 Å². The summed E-state index contributed by atoms with van der Waals surface area (Å²) >= 11 is 0. The Morgan fingerprint density at radius 2 is 0.515 bits per heavy atom. The average Bonchev–Trinajstić information content (AvgIpc) is 1.29. The maximum atomic E-state index is 13.1. The second-order valence-corrected chi connectivity index (χ2v) is 32.9. The van der Waals surface area contributed by atoms with Gasteiger partial charge in [-0.1, -0.05) is 363 Å². The van der Waals surface area contributed by atoms with Gasteiger partial charge in [0.25, 0.3) is 0 Å². The van der Waals surface area contributed by atoms with E-state index in [-0.39, 0.29) is 25.7 Å². The van der Waals surface area contributed by atoms with Crippen LogP contribution in [0.3, 0.4) is 0 Å². The summed E-state index contributed by atoms with van der Waals surface area (Å²) in [6.07, 6.45) is 58.3. The van der Waals surface area contributed by atoms with Gasteiger partial charge in [0.1, 0.15) is 19.3 Å². The zero-order valence-corrected chi connectivity index (χ0v) is 66.8. The van der Waals surface area contributed by atoms with Crippen molar-refractivity contribution in [3.8, 4) is 0 Å². The van der Waals surface area contributed by atoms with Gasteiger partial charge >= 0.3 is 39.5 Å². The summed E-state index contributed by atoms with van der Waals surface area (Å²) in [6, 6.07) is 0. The summed E-state index contributed by atoms with van der Waals surface area (Å²) in [5.41, 5.74) is 0. The van der Waals surface area contributed by atoms with Gasteiger partial charge in [0, 0.05) is 25.7 Å². The molecule has 0 fully saturated rings. The zero-order valence-electron chi connectivity index (χ0n) is 65.0. The molecular formula is C80H156O17P2. The molecule has 3 N–H and O–H groups in total. The number of carbonyl (C=O) groups is 4. The summed E-state index contributed by atoms with van der Waals surface area (Å²) in [5.74, 6) is 0.238. The Morgan fingerprint density at radius 3 is 0.768 bits per heavy atom. The van der Waals surface area contributed by atoms with Crippen LogP contribution >= 0.6 is 15.6 Å². The molecule has 0 saturated heterocycles. The maximum Gasteiger partial charge on any atom is 0.472 e. The van der Waals surface area contributed by atoms with Crippen molar-refractivity contribution in [3.05, 3.63) is 0 Å². The third-order valence-electron chi connectivity index (χ3n) is 19.0. The Labute approximate surface area is 607 Å². The second kappa shape index (κ2) is 70.4. The topological polar surface area (TPSA) is 237 Å². The molecule has 0 amide bonds. The first kappa shape index (κ1) is 97.1. The molecule has 0 aromatic carbocycles. The predicted octanol–water partition coefficient (Wildman–Crippen LogP) is 23.7. The van der Waals surface area contributed by atoms with Crippen LogP contribution < -0.4 is 0 Å². The van der Waals surface area contributed by atoms with E-state index in [1.165, 1.54) is 225 Å². The molecule has 17 nitrogen and oxygen atoms in total. The van der Waals surface area contributed by atoms with Crippen LogP contribution in [-0.2, 0) is 65.4 Å². The Balaban J connectivity index is 5.21. The normalized spacial score (nSPS) is 14.3. The van der Waals surface area contributed by atoms with E-state index in [1.54, 1.807) is 0 Å². The lowest BCUT2D eigenvalue weighted by Crippen LogP contribution is -2.30. The van der Waals surface area contributed by atoms with E-state index in [2.05, 4.69) is 48.5 Å². The van der Waals surface area contributed by atoms with Crippen LogP contribution in [0, 0.1) is 17.8 Å². The number of ether oxygens (including phenoxy) is 4. The van der Waals surface area contributed by atoms with Gasteiger partial charge in [-0.05, 0) is 43.4 Å².